The molecule has 0 bridgehead atoms. The minimum absolute atomic E-state index is 0.247. The number of benzene rings is 2. The van der Waals surface area contributed by atoms with Crippen molar-refractivity contribution >= 4 is 28.4 Å². The molecule has 2 fully saturated rings. The van der Waals surface area contributed by atoms with Crippen molar-refractivity contribution in [3.05, 3.63) is 48.0 Å². The van der Waals surface area contributed by atoms with Crippen LogP contribution in [0.3, 0.4) is 0 Å². The topological polar surface area (TPSA) is 74.8 Å². The van der Waals surface area contributed by atoms with Crippen LogP contribution in [0.2, 0.25) is 0 Å². The van der Waals surface area contributed by atoms with Crippen LogP contribution in [-0.4, -0.2) is 74.5 Å². The fraction of sp³-hybridized carbons (Fsp3) is 0.500. The van der Waals surface area contributed by atoms with Gasteiger partial charge in [0, 0.05) is 69.6 Å². The maximum absolute atomic E-state index is 5.75. The predicted octanol–water partition coefficient (Wildman–Crippen LogP) is 4.37. The molecule has 0 spiro atoms. The quantitative estimate of drug-likeness (QED) is 0.458. The van der Waals surface area contributed by atoms with Crippen LogP contribution >= 0.6 is 0 Å². The van der Waals surface area contributed by atoms with E-state index in [1.165, 1.54) is 11.3 Å². The second kappa shape index (κ2) is 11.3. The van der Waals surface area contributed by atoms with Gasteiger partial charge in [0.15, 0.2) is 0 Å². The number of nitrogens with one attached hydrogen (secondary N) is 2. The van der Waals surface area contributed by atoms with Crippen LogP contribution < -0.4 is 20.3 Å². The minimum atomic E-state index is 0.247. The Morgan fingerprint density at radius 1 is 1.06 bits per heavy atom. The summed E-state index contributed by atoms with van der Waals surface area (Å²) < 4.78 is 11.4. The number of rotatable bonds is 9. The Hall–Kier alpha value is -3.10. The summed E-state index contributed by atoms with van der Waals surface area (Å²) in [7, 11) is 5.93. The molecule has 2 aromatic carbocycles. The lowest BCUT2D eigenvalue weighted by Crippen LogP contribution is -2.39. The second-order valence-electron chi connectivity index (χ2n) is 9.98. The molecule has 5 rings (SSSR count). The first-order chi connectivity index (χ1) is 17.6. The highest BCUT2D eigenvalue weighted by Crippen LogP contribution is 2.31. The van der Waals surface area contributed by atoms with Crippen LogP contribution in [0.1, 0.15) is 31.2 Å². The van der Waals surface area contributed by atoms with Crippen LogP contribution in [0.15, 0.2) is 42.5 Å². The molecule has 8 heteroatoms. The van der Waals surface area contributed by atoms with E-state index in [1.54, 1.807) is 7.11 Å². The summed E-state index contributed by atoms with van der Waals surface area (Å²) in [6.45, 7) is 4.53. The van der Waals surface area contributed by atoms with Gasteiger partial charge in [-0.3, -0.25) is 4.90 Å². The van der Waals surface area contributed by atoms with Crippen LogP contribution in [0.25, 0.3) is 10.9 Å². The Balaban J connectivity index is 1.25. The minimum Gasteiger partial charge on any atom is -0.496 e. The monoisotopic (exact) mass is 490 g/mol. The van der Waals surface area contributed by atoms with Crippen LogP contribution in [0.5, 0.6) is 5.75 Å². The van der Waals surface area contributed by atoms with Gasteiger partial charge < -0.3 is 25.0 Å². The maximum Gasteiger partial charge on any atom is 0.225 e. The molecule has 1 atom stereocenters. The van der Waals surface area contributed by atoms with Crippen molar-refractivity contribution in [2.45, 2.75) is 44.4 Å². The van der Waals surface area contributed by atoms with E-state index in [2.05, 4.69) is 70.9 Å². The van der Waals surface area contributed by atoms with Crippen LogP contribution in [0.4, 0.5) is 17.5 Å². The van der Waals surface area contributed by atoms with E-state index in [-0.39, 0.29) is 6.10 Å². The first kappa shape index (κ1) is 24.6. The average molecular weight is 491 g/mol. The van der Waals surface area contributed by atoms with Crippen molar-refractivity contribution in [2.75, 3.05) is 63.0 Å². The third-order valence-electron chi connectivity index (χ3n) is 7.24. The summed E-state index contributed by atoms with van der Waals surface area (Å²) in [5.41, 5.74) is 3.42. The van der Waals surface area contributed by atoms with Crippen molar-refractivity contribution in [3.63, 3.8) is 0 Å². The molecule has 0 saturated carbocycles. The number of hydrogen-bond donors (Lipinski definition) is 2. The number of methoxy groups -OCH3 is 1. The molecule has 0 radical (unpaired) electrons. The zero-order chi connectivity index (χ0) is 24.9. The average Bonchev–Trinajstić information content (AvgIpc) is 3.42. The third kappa shape index (κ3) is 5.65. The van der Waals surface area contributed by atoms with E-state index in [9.17, 15) is 0 Å². The van der Waals surface area contributed by atoms with E-state index < -0.39 is 0 Å². The molecule has 0 amide bonds. The van der Waals surface area contributed by atoms with E-state index in [0.29, 0.717) is 12.0 Å². The first-order valence-electron chi connectivity index (χ1n) is 13.0. The molecule has 2 N–H and O–H groups in total. The lowest BCUT2D eigenvalue weighted by Gasteiger charge is -2.34. The molecule has 36 heavy (non-hydrogen) atoms. The number of ether oxygens (including phenoxy) is 2. The fourth-order valence-electron chi connectivity index (χ4n) is 5.25. The number of nitrogens with zero attached hydrogens (tertiary/aromatic N) is 4. The largest absolute Gasteiger partial charge is 0.496 e. The molecule has 8 nitrogen and oxygen atoms in total. The molecule has 1 aromatic heterocycles. The highest BCUT2D eigenvalue weighted by molar-refractivity contribution is 5.90. The van der Waals surface area contributed by atoms with Gasteiger partial charge in [-0.05, 0) is 49.9 Å². The van der Waals surface area contributed by atoms with E-state index in [0.717, 1.165) is 80.9 Å². The molecule has 3 heterocycles. The predicted molar refractivity (Wildman–Crippen MR) is 146 cm³/mol. The Kier molecular flexibility index (Phi) is 7.72. The van der Waals surface area contributed by atoms with Gasteiger partial charge in [0.1, 0.15) is 11.6 Å². The normalized spacial score (nSPS) is 18.9. The smallest absolute Gasteiger partial charge is 0.225 e. The van der Waals surface area contributed by atoms with E-state index in [1.807, 2.05) is 6.07 Å². The number of fused-ring (bicyclic) bond motifs is 1. The highest BCUT2D eigenvalue weighted by atomic mass is 16.5. The van der Waals surface area contributed by atoms with Gasteiger partial charge in [-0.2, -0.15) is 4.98 Å². The summed E-state index contributed by atoms with van der Waals surface area (Å²) in [6, 6.07) is 14.9. The number of anilines is 3. The van der Waals surface area contributed by atoms with Gasteiger partial charge in [0.05, 0.1) is 18.7 Å². The molecular weight excluding hydrogens is 452 g/mol. The van der Waals surface area contributed by atoms with E-state index >= 15 is 0 Å². The third-order valence-corrected chi connectivity index (χ3v) is 7.24. The molecular formula is C28H38N6O2. The Bertz CT molecular complexity index is 1160. The van der Waals surface area contributed by atoms with Crippen molar-refractivity contribution in [1.82, 2.24) is 14.9 Å². The lowest BCUT2D eigenvalue weighted by molar-refractivity contribution is 0.120. The Morgan fingerprint density at radius 3 is 2.64 bits per heavy atom. The van der Waals surface area contributed by atoms with Crippen molar-refractivity contribution in [3.8, 4) is 5.75 Å². The zero-order valence-electron chi connectivity index (χ0n) is 21.7. The molecule has 192 valence electrons. The van der Waals surface area contributed by atoms with Gasteiger partial charge in [-0.25, -0.2) is 4.98 Å². The van der Waals surface area contributed by atoms with Crippen molar-refractivity contribution in [1.29, 1.82) is 0 Å². The molecule has 0 aliphatic carbocycles. The standard InChI is InChI=1S/C28H38N6O2/c1-33(2)25-11-6-12-26(35-3)23(25)19-34-15-13-20(14-16-34)30-27-22-9-4-5-10-24(22)31-28(32-27)29-18-21-8-7-17-36-21/h4-6,9-12,20-21H,7-8,13-19H2,1-3H3,(H2,29,30,31,32). The summed E-state index contributed by atoms with van der Waals surface area (Å²) in [5, 5.41) is 8.21. The highest BCUT2D eigenvalue weighted by Gasteiger charge is 2.23. The van der Waals surface area contributed by atoms with Gasteiger partial charge in [0.25, 0.3) is 0 Å². The van der Waals surface area contributed by atoms with Gasteiger partial charge in [-0.1, -0.05) is 18.2 Å². The van der Waals surface area contributed by atoms with Gasteiger partial charge in [0.2, 0.25) is 5.95 Å². The molecule has 2 saturated heterocycles. The summed E-state index contributed by atoms with van der Waals surface area (Å²) in [5.74, 6) is 2.53. The Morgan fingerprint density at radius 2 is 1.89 bits per heavy atom. The summed E-state index contributed by atoms with van der Waals surface area (Å²) in [6.07, 6.45) is 4.59. The molecule has 1 unspecified atom stereocenters. The fourth-order valence-corrected chi connectivity index (χ4v) is 5.25. The number of piperidine rings is 1. The van der Waals surface area contributed by atoms with E-state index in [4.69, 9.17) is 19.4 Å². The van der Waals surface area contributed by atoms with Crippen molar-refractivity contribution in [2.24, 2.45) is 0 Å². The SMILES string of the molecule is COc1cccc(N(C)C)c1CN1CCC(Nc2nc(NCC3CCCO3)nc3ccccc23)CC1. The summed E-state index contributed by atoms with van der Waals surface area (Å²) >= 11 is 0. The molecule has 3 aromatic rings. The maximum atomic E-state index is 5.75. The zero-order valence-corrected chi connectivity index (χ0v) is 21.7. The first-order valence-corrected chi connectivity index (χ1v) is 13.0. The van der Waals surface area contributed by atoms with Gasteiger partial charge in [-0.15, -0.1) is 0 Å². The number of aromatic nitrogens is 2. The molecule has 2 aliphatic heterocycles. The molecule has 2 aliphatic rings. The summed E-state index contributed by atoms with van der Waals surface area (Å²) in [4.78, 5) is 14.3. The van der Waals surface area contributed by atoms with Crippen LogP contribution in [-0.2, 0) is 11.3 Å². The van der Waals surface area contributed by atoms with Crippen molar-refractivity contribution < 1.29 is 9.47 Å². The lowest BCUT2D eigenvalue weighted by atomic mass is 10.0. The number of likely N-dealkylation sites (tertiary alicyclic amines) is 1. The Labute approximate surface area is 214 Å². The number of hydrogen-bond acceptors (Lipinski definition) is 8. The van der Waals surface area contributed by atoms with Crippen LogP contribution in [0, 0.1) is 0 Å². The number of para-hydroxylation sites is 1. The van der Waals surface area contributed by atoms with Gasteiger partial charge >= 0.3 is 0 Å². The second-order valence-corrected chi connectivity index (χ2v) is 9.98.